The van der Waals surface area contributed by atoms with E-state index in [0.29, 0.717) is 5.41 Å². The molecule has 2 aliphatic rings. The molecule has 0 amide bonds. The average molecular weight is 256 g/mol. The van der Waals surface area contributed by atoms with Gasteiger partial charge in [-0.2, -0.15) is 0 Å². The summed E-state index contributed by atoms with van der Waals surface area (Å²) in [5, 5.41) is 3.38. The molecule has 2 fully saturated rings. The highest BCUT2D eigenvalue weighted by Gasteiger charge is 2.36. The van der Waals surface area contributed by atoms with Gasteiger partial charge in [-0.1, -0.05) is 0 Å². The first-order valence-electron chi connectivity index (χ1n) is 7.14. The molecule has 0 aliphatic carbocycles. The molecule has 2 aliphatic heterocycles. The van der Waals surface area contributed by atoms with Gasteiger partial charge in [0.05, 0.1) is 12.2 Å². The second-order valence-corrected chi connectivity index (χ2v) is 6.46. The molecule has 0 bridgehead atoms. The van der Waals surface area contributed by atoms with Crippen LogP contribution in [0.4, 0.5) is 0 Å². The highest BCUT2D eigenvalue weighted by atomic mass is 16.5. The minimum absolute atomic E-state index is 0.00422. The maximum atomic E-state index is 5.80. The highest BCUT2D eigenvalue weighted by Crippen LogP contribution is 2.32. The zero-order chi connectivity index (χ0) is 13.1. The van der Waals surface area contributed by atoms with Crippen molar-refractivity contribution >= 4 is 0 Å². The summed E-state index contributed by atoms with van der Waals surface area (Å²) in [4.78, 5) is 2.58. The lowest BCUT2D eigenvalue weighted by molar-refractivity contribution is -0.102. The van der Waals surface area contributed by atoms with Crippen LogP contribution in [0.3, 0.4) is 0 Å². The molecule has 2 heterocycles. The van der Waals surface area contributed by atoms with Crippen molar-refractivity contribution in [3.8, 4) is 0 Å². The summed E-state index contributed by atoms with van der Waals surface area (Å²) < 4.78 is 11.3. The molecule has 0 atom stereocenters. The zero-order valence-corrected chi connectivity index (χ0v) is 12.1. The van der Waals surface area contributed by atoms with Crippen molar-refractivity contribution in [2.24, 2.45) is 5.41 Å². The maximum absolute atomic E-state index is 5.80. The number of nitrogens with zero attached hydrogens (tertiary/aromatic N) is 1. The minimum Gasteiger partial charge on any atom is -0.381 e. The van der Waals surface area contributed by atoms with E-state index < -0.39 is 0 Å². The van der Waals surface area contributed by atoms with E-state index in [2.05, 4.69) is 31.1 Å². The first kappa shape index (κ1) is 14.3. The van der Waals surface area contributed by atoms with E-state index in [4.69, 9.17) is 9.47 Å². The molecule has 0 aromatic rings. The molecule has 0 unspecified atom stereocenters. The van der Waals surface area contributed by atoms with Crippen molar-refractivity contribution in [3.05, 3.63) is 0 Å². The number of hydrogen-bond acceptors (Lipinski definition) is 4. The molecule has 2 rings (SSSR count). The van der Waals surface area contributed by atoms with Crippen molar-refractivity contribution < 1.29 is 9.47 Å². The molecule has 4 heteroatoms. The lowest BCUT2D eigenvalue weighted by Gasteiger charge is -2.45. The van der Waals surface area contributed by atoms with Gasteiger partial charge in [-0.25, -0.2) is 0 Å². The van der Waals surface area contributed by atoms with Crippen LogP contribution in [0, 0.1) is 5.41 Å². The lowest BCUT2D eigenvalue weighted by Crippen LogP contribution is -2.54. The van der Waals surface area contributed by atoms with Crippen LogP contribution in [0.5, 0.6) is 0 Å². The molecule has 0 spiro atoms. The van der Waals surface area contributed by atoms with Crippen LogP contribution in [0.2, 0.25) is 0 Å². The van der Waals surface area contributed by atoms with Gasteiger partial charge in [0.15, 0.2) is 0 Å². The first-order valence-corrected chi connectivity index (χ1v) is 7.14. The van der Waals surface area contributed by atoms with E-state index in [-0.39, 0.29) is 5.60 Å². The third kappa shape index (κ3) is 3.67. The Kier molecular flexibility index (Phi) is 4.64. The Morgan fingerprint density at radius 1 is 1.17 bits per heavy atom. The summed E-state index contributed by atoms with van der Waals surface area (Å²) in [5.74, 6) is 0. The fraction of sp³-hybridized carbons (Fsp3) is 1.00. The van der Waals surface area contributed by atoms with Gasteiger partial charge < -0.3 is 14.8 Å². The van der Waals surface area contributed by atoms with Crippen LogP contribution in [0.1, 0.15) is 26.7 Å². The molecule has 0 aromatic carbocycles. The van der Waals surface area contributed by atoms with Gasteiger partial charge in [-0.3, -0.25) is 4.90 Å². The van der Waals surface area contributed by atoms with E-state index in [0.717, 1.165) is 39.5 Å². The highest BCUT2D eigenvalue weighted by molar-refractivity contribution is 4.89. The van der Waals surface area contributed by atoms with Gasteiger partial charge in [0, 0.05) is 39.4 Å². The summed E-state index contributed by atoms with van der Waals surface area (Å²) in [7, 11) is 2.06. The maximum Gasteiger partial charge on any atom is 0.0753 e. The van der Waals surface area contributed by atoms with Crippen LogP contribution >= 0.6 is 0 Å². The van der Waals surface area contributed by atoms with Gasteiger partial charge in [0.2, 0.25) is 0 Å². The quantitative estimate of drug-likeness (QED) is 0.817. The molecule has 2 saturated heterocycles. The van der Waals surface area contributed by atoms with Gasteiger partial charge in [0.1, 0.15) is 0 Å². The Labute approximate surface area is 111 Å². The summed E-state index contributed by atoms with van der Waals surface area (Å²) in [5.41, 5.74) is 0.394. The van der Waals surface area contributed by atoms with Crippen molar-refractivity contribution in [3.63, 3.8) is 0 Å². The van der Waals surface area contributed by atoms with Crippen LogP contribution in [0.25, 0.3) is 0 Å². The van der Waals surface area contributed by atoms with Crippen molar-refractivity contribution in [2.45, 2.75) is 32.3 Å². The van der Waals surface area contributed by atoms with Crippen molar-refractivity contribution in [2.75, 3.05) is 53.0 Å². The van der Waals surface area contributed by atoms with Gasteiger partial charge in [0.25, 0.3) is 0 Å². The minimum atomic E-state index is 0.00422. The molecule has 4 nitrogen and oxygen atoms in total. The second-order valence-electron chi connectivity index (χ2n) is 6.46. The Morgan fingerprint density at radius 3 is 2.50 bits per heavy atom. The summed E-state index contributed by atoms with van der Waals surface area (Å²) in [6.07, 6.45) is 2.34. The summed E-state index contributed by atoms with van der Waals surface area (Å²) >= 11 is 0. The Bertz CT molecular complexity index is 257. The Balaban J connectivity index is 1.95. The normalized spacial score (nSPS) is 28.2. The fourth-order valence-electron chi connectivity index (χ4n) is 3.29. The smallest absolute Gasteiger partial charge is 0.0753 e. The molecule has 106 valence electrons. The molecule has 1 N–H and O–H groups in total. The third-order valence-corrected chi connectivity index (χ3v) is 4.17. The van der Waals surface area contributed by atoms with Crippen LogP contribution in [0.15, 0.2) is 0 Å². The van der Waals surface area contributed by atoms with E-state index in [1.165, 1.54) is 19.4 Å². The van der Waals surface area contributed by atoms with Crippen molar-refractivity contribution in [1.82, 2.24) is 10.2 Å². The largest absolute Gasteiger partial charge is 0.381 e. The van der Waals surface area contributed by atoms with Crippen LogP contribution in [-0.4, -0.2) is 63.5 Å². The second kappa shape index (κ2) is 5.87. The van der Waals surface area contributed by atoms with E-state index >= 15 is 0 Å². The predicted molar refractivity (Wildman–Crippen MR) is 72.9 cm³/mol. The topological polar surface area (TPSA) is 33.7 Å². The summed E-state index contributed by atoms with van der Waals surface area (Å²) in [6.45, 7) is 11.4. The van der Waals surface area contributed by atoms with Gasteiger partial charge in [-0.05, 0) is 39.2 Å². The first-order chi connectivity index (χ1) is 8.55. The summed E-state index contributed by atoms with van der Waals surface area (Å²) in [6, 6.07) is 0. The lowest BCUT2D eigenvalue weighted by atomic mass is 9.79. The molecule has 0 radical (unpaired) electrons. The van der Waals surface area contributed by atoms with Crippen LogP contribution in [-0.2, 0) is 9.47 Å². The third-order valence-electron chi connectivity index (χ3n) is 4.17. The molecule has 0 saturated carbocycles. The monoisotopic (exact) mass is 256 g/mol. The number of rotatable bonds is 4. The fourth-order valence-corrected chi connectivity index (χ4v) is 3.29. The van der Waals surface area contributed by atoms with Gasteiger partial charge >= 0.3 is 0 Å². The molecule has 18 heavy (non-hydrogen) atoms. The standard InChI is InChI=1S/C14H28N2O2/c1-13(2)11-16(6-9-18-13)12-14(10-15-3)4-7-17-8-5-14/h15H,4-12H2,1-3H3. The Morgan fingerprint density at radius 2 is 1.89 bits per heavy atom. The number of nitrogens with one attached hydrogen (secondary N) is 1. The van der Waals surface area contributed by atoms with Gasteiger partial charge in [-0.15, -0.1) is 0 Å². The number of hydrogen-bond donors (Lipinski definition) is 1. The molecular formula is C14H28N2O2. The average Bonchev–Trinajstić information content (AvgIpc) is 2.29. The number of ether oxygens (including phenoxy) is 2. The zero-order valence-electron chi connectivity index (χ0n) is 12.1. The van der Waals surface area contributed by atoms with E-state index in [1.807, 2.05) is 0 Å². The van der Waals surface area contributed by atoms with E-state index in [1.54, 1.807) is 0 Å². The molecular weight excluding hydrogens is 228 g/mol. The Hall–Kier alpha value is -0.160. The van der Waals surface area contributed by atoms with Crippen molar-refractivity contribution in [1.29, 1.82) is 0 Å². The number of morpholine rings is 1. The van der Waals surface area contributed by atoms with E-state index in [9.17, 15) is 0 Å². The molecule has 0 aromatic heterocycles. The van der Waals surface area contributed by atoms with Crippen LogP contribution < -0.4 is 5.32 Å². The SMILES string of the molecule is CNCC1(CN2CCOC(C)(C)C2)CCOCC1. The predicted octanol–water partition coefficient (Wildman–Crippen LogP) is 1.11.